The standard InChI is InChI=1S/C16H16BrClN2/c1-10-5-4-8-12(9-10)16-19-14(11-6-2-3-7-11)13(17)15(18)20-16/h4-5,8-9,11H,2-3,6-7H2,1H3. The van der Waals surface area contributed by atoms with Crippen molar-refractivity contribution in [3.05, 3.63) is 45.1 Å². The summed E-state index contributed by atoms with van der Waals surface area (Å²) in [4.78, 5) is 9.21. The number of aryl methyl sites for hydroxylation is 1. The number of hydrogen-bond acceptors (Lipinski definition) is 2. The topological polar surface area (TPSA) is 25.8 Å². The van der Waals surface area contributed by atoms with Gasteiger partial charge in [-0.3, -0.25) is 0 Å². The Bertz CT molecular complexity index is 636. The zero-order valence-corrected chi connectivity index (χ0v) is 13.7. The van der Waals surface area contributed by atoms with Crippen LogP contribution in [0, 0.1) is 6.92 Å². The van der Waals surface area contributed by atoms with Crippen LogP contribution >= 0.6 is 27.5 Å². The molecule has 3 rings (SSSR count). The minimum absolute atomic E-state index is 0.508. The first kappa shape index (κ1) is 14.0. The van der Waals surface area contributed by atoms with E-state index >= 15 is 0 Å². The highest BCUT2D eigenvalue weighted by molar-refractivity contribution is 9.10. The molecule has 1 aliphatic rings. The summed E-state index contributed by atoms with van der Waals surface area (Å²) >= 11 is 9.84. The normalized spacial score (nSPS) is 15.8. The van der Waals surface area contributed by atoms with Crippen molar-refractivity contribution in [1.82, 2.24) is 9.97 Å². The smallest absolute Gasteiger partial charge is 0.161 e. The average Bonchev–Trinajstić information content (AvgIpc) is 2.95. The van der Waals surface area contributed by atoms with Crippen LogP contribution in [0.1, 0.15) is 42.9 Å². The lowest BCUT2D eigenvalue weighted by Crippen LogP contribution is -2.02. The van der Waals surface area contributed by atoms with Crippen molar-refractivity contribution < 1.29 is 0 Å². The highest BCUT2D eigenvalue weighted by Gasteiger charge is 2.23. The van der Waals surface area contributed by atoms with Crippen molar-refractivity contribution in [2.75, 3.05) is 0 Å². The largest absolute Gasteiger partial charge is 0.231 e. The molecule has 1 fully saturated rings. The Balaban J connectivity index is 2.08. The predicted octanol–water partition coefficient (Wildman–Crippen LogP) is 5.53. The minimum Gasteiger partial charge on any atom is -0.231 e. The fraction of sp³-hybridized carbons (Fsp3) is 0.375. The second-order valence-electron chi connectivity index (χ2n) is 5.39. The summed E-state index contributed by atoms with van der Waals surface area (Å²) in [6.07, 6.45) is 4.94. The van der Waals surface area contributed by atoms with Gasteiger partial charge in [-0.15, -0.1) is 0 Å². The van der Waals surface area contributed by atoms with Crippen LogP contribution in [0.4, 0.5) is 0 Å². The molecule has 104 valence electrons. The number of nitrogens with zero attached hydrogens (tertiary/aromatic N) is 2. The lowest BCUT2D eigenvalue weighted by atomic mass is 10.0. The van der Waals surface area contributed by atoms with Gasteiger partial charge in [-0.05, 0) is 41.8 Å². The molecule has 0 unspecified atom stereocenters. The number of halogens is 2. The Hall–Kier alpha value is -0.930. The van der Waals surface area contributed by atoms with E-state index in [1.165, 1.54) is 31.2 Å². The summed E-state index contributed by atoms with van der Waals surface area (Å²) in [5.41, 5.74) is 3.30. The lowest BCUT2D eigenvalue weighted by molar-refractivity contribution is 0.691. The Labute approximate surface area is 132 Å². The van der Waals surface area contributed by atoms with Crippen LogP contribution in [0.25, 0.3) is 11.4 Å². The molecule has 1 aromatic heterocycles. The van der Waals surface area contributed by atoms with Gasteiger partial charge in [0, 0.05) is 11.5 Å². The first-order valence-corrected chi connectivity index (χ1v) is 8.12. The van der Waals surface area contributed by atoms with Gasteiger partial charge in [0.25, 0.3) is 0 Å². The van der Waals surface area contributed by atoms with Gasteiger partial charge in [-0.2, -0.15) is 0 Å². The molecule has 4 heteroatoms. The molecular formula is C16H16BrClN2. The monoisotopic (exact) mass is 350 g/mol. The van der Waals surface area contributed by atoms with E-state index in [1.807, 2.05) is 12.1 Å². The SMILES string of the molecule is Cc1cccc(-c2nc(Cl)c(Br)c(C3CCCC3)n2)c1. The third kappa shape index (κ3) is 2.75. The molecule has 0 N–H and O–H groups in total. The van der Waals surface area contributed by atoms with Gasteiger partial charge in [-0.1, -0.05) is 48.2 Å². The van der Waals surface area contributed by atoms with E-state index in [2.05, 4.69) is 40.0 Å². The maximum absolute atomic E-state index is 6.29. The van der Waals surface area contributed by atoms with Gasteiger partial charge < -0.3 is 0 Å². The number of rotatable bonds is 2. The zero-order valence-electron chi connectivity index (χ0n) is 11.4. The highest BCUT2D eigenvalue weighted by atomic mass is 79.9. The maximum atomic E-state index is 6.29. The van der Waals surface area contributed by atoms with Crippen LogP contribution in [0.2, 0.25) is 5.15 Å². The first-order chi connectivity index (χ1) is 9.65. The molecule has 1 aromatic carbocycles. The van der Waals surface area contributed by atoms with Crippen LogP contribution in [-0.4, -0.2) is 9.97 Å². The van der Waals surface area contributed by atoms with Crippen molar-refractivity contribution in [3.8, 4) is 11.4 Å². The average molecular weight is 352 g/mol. The molecule has 2 aromatic rings. The lowest BCUT2D eigenvalue weighted by Gasteiger charge is -2.13. The van der Waals surface area contributed by atoms with Gasteiger partial charge in [0.1, 0.15) is 5.15 Å². The first-order valence-electron chi connectivity index (χ1n) is 6.95. The predicted molar refractivity (Wildman–Crippen MR) is 86.1 cm³/mol. The summed E-state index contributed by atoms with van der Waals surface area (Å²) in [6, 6.07) is 8.23. The quantitative estimate of drug-likeness (QED) is 0.665. The van der Waals surface area contributed by atoms with Gasteiger partial charge in [0.15, 0.2) is 5.82 Å². The van der Waals surface area contributed by atoms with Crippen molar-refractivity contribution in [3.63, 3.8) is 0 Å². The Morgan fingerprint density at radius 2 is 1.95 bits per heavy atom. The summed E-state index contributed by atoms with van der Waals surface area (Å²) in [6.45, 7) is 2.07. The summed E-state index contributed by atoms with van der Waals surface area (Å²) in [5, 5.41) is 0.512. The van der Waals surface area contributed by atoms with Gasteiger partial charge in [-0.25, -0.2) is 9.97 Å². The fourth-order valence-electron chi connectivity index (χ4n) is 2.82. The molecule has 0 spiro atoms. The van der Waals surface area contributed by atoms with Crippen LogP contribution in [0.15, 0.2) is 28.7 Å². The maximum Gasteiger partial charge on any atom is 0.161 e. The van der Waals surface area contributed by atoms with Gasteiger partial charge >= 0.3 is 0 Å². The van der Waals surface area contributed by atoms with Crippen molar-refractivity contribution in [1.29, 1.82) is 0 Å². The highest BCUT2D eigenvalue weighted by Crippen LogP contribution is 2.39. The van der Waals surface area contributed by atoms with Crippen molar-refractivity contribution >= 4 is 27.5 Å². The van der Waals surface area contributed by atoms with E-state index in [-0.39, 0.29) is 0 Å². The second-order valence-corrected chi connectivity index (χ2v) is 6.54. The summed E-state index contributed by atoms with van der Waals surface area (Å²) in [7, 11) is 0. The van der Waals surface area contributed by atoms with E-state index in [0.29, 0.717) is 11.1 Å². The Morgan fingerprint density at radius 1 is 1.20 bits per heavy atom. The van der Waals surface area contributed by atoms with E-state index in [4.69, 9.17) is 16.6 Å². The molecule has 1 heterocycles. The molecule has 0 radical (unpaired) electrons. The summed E-state index contributed by atoms with van der Waals surface area (Å²) < 4.78 is 0.863. The van der Waals surface area contributed by atoms with Gasteiger partial charge in [0.05, 0.1) is 10.2 Å². The summed E-state index contributed by atoms with van der Waals surface area (Å²) in [5.74, 6) is 1.23. The third-order valence-corrected chi connectivity index (χ3v) is 5.14. The molecule has 1 aliphatic carbocycles. The zero-order chi connectivity index (χ0) is 14.1. The van der Waals surface area contributed by atoms with E-state index in [0.717, 1.165) is 21.6 Å². The van der Waals surface area contributed by atoms with Crippen molar-refractivity contribution in [2.45, 2.75) is 38.5 Å². The van der Waals surface area contributed by atoms with Gasteiger partial charge in [0.2, 0.25) is 0 Å². The molecule has 0 bridgehead atoms. The van der Waals surface area contributed by atoms with E-state index in [9.17, 15) is 0 Å². The molecule has 2 nitrogen and oxygen atoms in total. The van der Waals surface area contributed by atoms with Crippen LogP contribution < -0.4 is 0 Å². The minimum atomic E-state index is 0.508. The van der Waals surface area contributed by atoms with E-state index in [1.54, 1.807) is 0 Å². The fourth-order valence-corrected chi connectivity index (χ4v) is 3.50. The van der Waals surface area contributed by atoms with Crippen LogP contribution in [-0.2, 0) is 0 Å². The Morgan fingerprint density at radius 3 is 2.65 bits per heavy atom. The van der Waals surface area contributed by atoms with E-state index < -0.39 is 0 Å². The molecule has 1 saturated carbocycles. The van der Waals surface area contributed by atoms with Crippen LogP contribution in [0.5, 0.6) is 0 Å². The molecule has 0 saturated heterocycles. The number of benzene rings is 1. The molecule has 0 aliphatic heterocycles. The number of aromatic nitrogens is 2. The molecule has 20 heavy (non-hydrogen) atoms. The van der Waals surface area contributed by atoms with Crippen molar-refractivity contribution in [2.24, 2.45) is 0 Å². The molecule has 0 atom stereocenters. The second kappa shape index (κ2) is 5.82. The third-order valence-electron chi connectivity index (χ3n) is 3.85. The molecular weight excluding hydrogens is 336 g/mol. The molecule has 0 amide bonds. The number of hydrogen-bond donors (Lipinski definition) is 0. The Kier molecular flexibility index (Phi) is 4.08. The van der Waals surface area contributed by atoms with Crippen LogP contribution in [0.3, 0.4) is 0 Å².